The summed E-state index contributed by atoms with van der Waals surface area (Å²) in [7, 11) is 0. The first-order valence-corrected chi connectivity index (χ1v) is 6.61. The highest BCUT2D eigenvalue weighted by molar-refractivity contribution is 5.71. The van der Waals surface area contributed by atoms with Gasteiger partial charge in [-0.25, -0.2) is 0 Å². The maximum atomic E-state index is 11.7. The highest BCUT2D eigenvalue weighted by Crippen LogP contribution is 2.04. The minimum Gasteiger partial charge on any atom is -0.465 e. The minimum atomic E-state index is -0.209. The molecule has 0 saturated carbocycles. The number of unbranched alkanes of at least 4 members (excludes halogenated alkanes) is 1. The summed E-state index contributed by atoms with van der Waals surface area (Å²) < 4.78 is 5.15. The number of ether oxygens (including phenoxy) is 1. The fourth-order valence-corrected chi connectivity index (χ4v) is 1.70. The topological polar surface area (TPSA) is 29.5 Å². The molecule has 3 nitrogen and oxygen atoms in total. The Morgan fingerprint density at radius 2 is 2.11 bits per heavy atom. The van der Waals surface area contributed by atoms with E-state index in [1.165, 1.54) is 0 Å². The van der Waals surface area contributed by atoms with Crippen LogP contribution in [0.3, 0.4) is 0 Å². The van der Waals surface area contributed by atoms with Crippen LogP contribution in [0.15, 0.2) is 30.3 Å². The van der Waals surface area contributed by atoms with Crippen molar-refractivity contribution < 1.29 is 9.53 Å². The number of carbonyl (C=O) groups is 1. The van der Waals surface area contributed by atoms with Crippen molar-refractivity contribution in [3.63, 3.8) is 0 Å². The Labute approximate surface area is 115 Å². The van der Waals surface area contributed by atoms with Gasteiger partial charge >= 0.3 is 5.97 Å². The Balaban J connectivity index is 2.44. The molecule has 1 aromatic rings. The zero-order chi connectivity index (χ0) is 13.9. The van der Waals surface area contributed by atoms with Crippen LogP contribution in [0, 0.1) is 12.3 Å². The van der Waals surface area contributed by atoms with Gasteiger partial charge in [-0.1, -0.05) is 49.6 Å². The van der Waals surface area contributed by atoms with Gasteiger partial charge in [0.25, 0.3) is 0 Å². The lowest BCUT2D eigenvalue weighted by Gasteiger charge is -2.18. The molecule has 0 aliphatic heterocycles. The largest absolute Gasteiger partial charge is 0.465 e. The quantitative estimate of drug-likeness (QED) is 0.408. The predicted molar refractivity (Wildman–Crippen MR) is 76.4 cm³/mol. The van der Waals surface area contributed by atoms with E-state index in [1.807, 2.05) is 35.2 Å². The van der Waals surface area contributed by atoms with E-state index in [0.29, 0.717) is 19.7 Å². The van der Waals surface area contributed by atoms with Crippen molar-refractivity contribution in [2.75, 3.05) is 19.7 Å². The van der Waals surface area contributed by atoms with Crippen molar-refractivity contribution in [3.05, 3.63) is 35.9 Å². The molecule has 0 atom stereocenters. The monoisotopic (exact) mass is 259 g/mol. The number of benzene rings is 1. The fraction of sp³-hybridized carbons (Fsp3) is 0.438. The molecule has 0 aromatic heterocycles. The van der Waals surface area contributed by atoms with Crippen LogP contribution in [-0.4, -0.2) is 30.6 Å². The number of rotatable bonds is 8. The molecule has 0 radical (unpaired) electrons. The molecule has 0 aliphatic rings. The lowest BCUT2D eigenvalue weighted by molar-refractivity contribution is -0.145. The van der Waals surface area contributed by atoms with Crippen molar-refractivity contribution in [1.82, 2.24) is 4.90 Å². The molecule has 0 saturated heterocycles. The summed E-state index contributed by atoms with van der Waals surface area (Å²) >= 11 is 0. The second-order valence-electron chi connectivity index (χ2n) is 4.41. The molecule has 102 valence electrons. The summed E-state index contributed by atoms with van der Waals surface area (Å²) in [6.07, 6.45) is 7.26. The molecule has 0 amide bonds. The zero-order valence-electron chi connectivity index (χ0n) is 11.5. The van der Waals surface area contributed by atoms with Crippen LogP contribution in [0.1, 0.15) is 25.3 Å². The van der Waals surface area contributed by atoms with Gasteiger partial charge in [-0.2, -0.15) is 0 Å². The van der Waals surface area contributed by atoms with E-state index in [-0.39, 0.29) is 12.5 Å². The maximum Gasteiger partial charge on any atom is 0.320 e. The number of nitrogens with zero attached hydrogens (tertiary/aromatic N) is 1. The molecule has 0 fully saturated rings. The van der Waals surface area contributed by atoms with E-state index < -0.39 is 0 Å². The average molecular weight is 259 g/mol. The number of hydrogen-bond donors (Lipinski definition) is 0. The second kappa shape index (κ2) is 9.18. The lowest BCUT2D eigenvalue weighted by Crippen LogP contribution is -2.31. The normalized spacial score (nSPS) is 10.2. The molecule has 19 heavy (non-hydrogen) atoms. The van der Waals surface area contributed by atoms with Crippen molar-refractivity contribution in [3.8, 4) is 12.3 Å². The van der Waals surface area contributed by atoms with Gasteiger partial charge in [-0.05, 0) is 12.0 Å². The van der Waals surface area contributed by atoms with E-state index >= 15 is 0 Å². The van der Waals surface area contributed by atoms with Gasteiger partial charge in [0.15, 0.2) is 0 Å². The standard InChI is InChI=1S/C16H21NO2/c1-3-5-12-19-16(18)14-17(11-4-2)13-15-9-7-6-8-10-15/h2,6-10H,3,5,11-14H2,1H3. The summed E-state index contributed by atoms with van der Waals surface area (Å²) in [5.41, 5.74) is 1.14. The third-order valence-electron chi connectivity index (χ3n) is 2.68. The van der Waals surface area contributed by atoms with Crippen molar-refractivity contribution in [1.29, 1.82) is 0 Å². The molecular weight excluding hydrogens is 238 g/mol. The Bertz CT molecular complexity index is 409. The summed E-state index contributed by atoms with van der Waals surface area (Å²) in [5, 5.41) is 0. The minimum absolute atomic E-state index is 0.209. The summed E-state index contributed by atoms with van der Waals surface area (Å²) in [6, 6.07) is 9.96. The Morgan fingerprint density at radius 3 is 2.74 bits per heavy atom. The van der Waals surface area contributed by atoms with Crippen LogP contribution in [0.4, 0.5) is 0 Å². The molecule has 0 unspecified atom stereocenters. The van der Waals surface area contributed by atoms with Gasteiger partial charge in [-0.3, -0.25) is 9.69 Å². The summed E-state index contributed by atoms with van der Waals surface area (Å²) in [6.45, 7) is 3.90. The number of hydrogen-bond acceptors (Lipinski definition) is 3. The highest BCUT2D eigenvalue weighted by Gasteiger charge is 2.11. The molecule has 1 rings (SSSR count). The van der Waals surface area contributed by atoms with E-state index in [2.05, 4.69) is 12.8 Å². The number of esters is 1. The van der Waals surface area contributed by atoms with Crippen LogP contribution < -0.4 is 0 Å². The summed E-state index contributed by atoms with van der Waals surface area (Å²) in [5.74, 6) is 2.37. The molecule has 3 heteroatoms. The molecule has 0 heterocycles. The molecule has 1 aromatic carbocycles. The first-order chi connectivity index (χ1) is 9.26. The van der Waals surface area contributed by atoms with Crippen molar-refractivity contribution in [2.45, 2.75) is 26.3 Å². The predicted octanol–water partition coefficient (Wildman–Crippen LogP) is 2.47. The van der Waals surface area contributed by atoms with Gasteiger partial charge in [0, 0.05) is 6.54 Å². The average Bonchev–Trinajstić information content (AvgIpc) is 2.40. The number of terminal acetylenes is 1. The fourth-order valence-electron chi connectivity index (χ4n) is 1.70. The van der Waals surface area contributed by atoms with Crippen LogP contribution in [0.5, 0.6) is 0 Å². The van der Waals surface area contributed by atoms with Crippen LogP contribution in [0.25, 0.3) is 0 Å². The van der Waals surface area contributed by atoms with Gasteiger partial charge < -0.3 is 4.74 Å². The number of carbonyl (C=O) groups excluding carboxylic acids is 1. The summed E-state index contributed by atoms with van der Waals surface area (Å²) in [4.78, 5) is 13.6. The van der Waals surface area contributed by atoms with E-state index in [1.54, 1.807) is 0 Å². The third kappa shape index (κ3) is 6.64. The van der Waals surface area contributed by atoms with E-state index in [4.69, 9.17) is 11.2 Å². The second-order valence-corrected chi connectivity index (χ2v) is 4.41. The van der Waals surface area contributed by atoms with Gasteiger partial charge in [0.05, 0.1) is 19.7 Å². The molecule has 0 bridgehead atoms. The first-order valence-electron chi connectivity index (χ1n) is 6.61. The van der Waals surface area contributed by atoms with E-state index in [0.717, 1.165) is 18.4 Å². The Hall–Kier alpha value is -1.79. The SMILES string of the molecule is C#CCN(CC(=O)OCCCC)Cc1ccccc1. The van der Waals surface area contributed by atoms with Gasteiger partial charge in [-0.15, -0.1) is 6.42 Å². The van der Waals surface area contributed by atoms with Crippen LogP contribution in [0.2, 0.25) is 0 Å². The Morgan fingerprint density at radius 1 is 1.37 bits per heavy atom. The molecule has 0 aliphatic carbocycles. The third-order valence-corrected chi connectivity index (χ3v) is 2.68. The van der Waals surface area contributed by atoms with Gasteiger partial charge in [0.2, 0.25) is 0 Å². The van der Waals surface area contributed by atoms with Crippen molar-refractivity contribution >= 4 is 5.97 Å². The van der Waals surface area contributed by atoms with Crippen LogP contribution in [-0.2, 0) is 16.1 Å². The highest BCUT2D eigenvalue weighted by atomic mass is 16.5. The lowest BCUT2D eigenvalue weighted by atomic mass is 10.2. The maximum absolute atomic E-state index is 11.7. The smallest absolute Gasteiger partial charge is 0.320 e. The molecule has 0 N–H and O–H groups in total. The van der Waals surface area contributed by atoms with E-state index in [9.17, 15) is 4.79 Å². The zero-order valence-corrected chi connectivity index (χ0v) is 11.5. The molecule has 0 spiro atoms. The molecular formula is C16H21NO2. The van der Waals surface area contributed by atoms with Gasteiger partial charge in [0.1, 0.15) is 0 Å². The van der Waals surface area contributed by atoms with Crippen molar-refractivity contribution in [2.24, 2.45) is 0 Å². The van der Waals surface area contributed by atoms with Crippen LogP contribution >= 0.6 is 0 Å². The Kier molecular flexibility index (Phi) is 7.38. The first kappa shape index (κ1) is 15.3.